The average Bonchev–Trinajstić information content (AvgIpc) is 3.00. The molecule has 1 saturated heterocycles. The summed E-state index contributed by atoms with van der Waals surface area (Å²) >= 11 is 0. The first-order chi connectivity index (χ1) is 11.2. The molecule has 1 amide bonds. The quantitative estimate of drug-likeness (QED) is 0.783. The predicted molar refractivity (Wildman–Crippen MR) is 91.2 cm³/mol. The van der Waals surface area contributed by atoms with Gasteiger partial charge in [0, 0.05) is 44.0 Å². The van der Waals surface area contributed by atoms with Crippen LogP contribution in [0.15, 0.2) is 28.8 Å². The van der Waals surface area contributed by atoms with Gasteiger partial charge in [-0.2, -0.15) is 4.98 Å². The Kier molecular flexibility index (Phi) is 6.57. The van der Waals surface area contributed by atoms with E-state index in [2.05, 4.69) is 20.8 Å². The molecule has 2 aromatic rings. The van der Waals surface area contributed by atoms with E-state index in [4.69, 9.17) is 9.26 Å². The lowest BCUT2D eigenvalue weighted by molar-refractivity contribution is -0.121. The zero-order valence-electron chi connectivity index (χ0n) is 13.4. The summed E-state index contributed by atoms with van der Waals surface area (Å²) in [5.74, 6) is 2.33. The molecule has 1 aromatic carbocycles. The second kappa shape index (κ2) is 8.65. The highest BCUT2D eigenvalue weighted by Crippen LogP contribution is 2.19. The standard InChI is InChI=1S/C16H20N4O3.ClH/c1-22-13-4-2-12(3-5-13)16-19-15(23-20-16)7-6-14(21)18-10-11-8-17-9-11;/h2-5,11,17H,6-10H2,1H3,(H,18,21);1H. The number of aryl methyl sites for hydroxylation is 1. The van der Waals surface area contributed by atoms with E-state index < -0.39 is 0 Å². The lowest BCUT2D eigenvalue weighted by atomic mass is 10.0. The van der Waals surface area contributed by atoms with Crippen LogP contribution in [0.2, 0.25) is 0 Å². The van der Waals surface area contributed by atoms with Crippen LogP contribution in [-0.4, -0.2) is 42.8 Å². The molecule has 3 rings (SSSR count). The van der Waals surface area contributed by atoms with Gasteiger partial charge in [-0.1, -0.05) is 5.16 Å². The summed E-state index contributed by atoms with van der Waals surface area (Å²) in [6.45, 7) is 2.69. The molecule has 7 nitrogen and oxygen atoms in total. The minimum absolute atomic E-state index is 0. The second-order valence-electron chi connectivity index (χ2n) is 5.57. The highest BCUT2D eigenvalue weighted by molar-refractivity contribution is 5.85. The Balaban J connectivity index is 0.00000208. The molecule has 1 aliphatic rings. The van der Waals surface area contributed by atoms with Crippen LogP contribution in [0.25, 0.3) is 11.4 Å². The number of rotatable bonds is 7. The summed E-state index contributed by atoms with van der Waals surface area (Å²) in [6, 6.07) is 7.42. The van der Waals surface area contributed by atoms with Crippen molar-refractivity contribution >= 4 is 18.3 Å². The number of aromatic nitrogens is 2. The number of nitrogens with zero attached hydrogens (tertiary/aromatic N) is 2. The SMILES string of the molecule is COc1ccc(-c2noc(CCC(=O)NCC3CNC3)n2)cc1.Cl. The molecule has 0 saturated carbocycles. The zero-order chi connectivity index (χ0) is 16.1. The summed E-state index contributed by atoms with van der Waals surface area (Å²) in [7, 11) is 1.62. The Hall–Kier alpha value is -2.12. The van der Waals surface area contributed by atoms with E-state index in [9.17, 15) is 4.79 Å². The number of hydrogen-bond donors (Lipinski definition) is 2. The molecule has 0 unspecified atom stereocenters. The lowest BCUT2D eigenvalue weighted by Gasteiger charge is -2.27. The molecule has 8 heteroatoms. The number of amides is 1. The molecule has 0 atom stereocenters. The summed E-state index contributed by atoms with van der Waals surface area (Å²) in [5, 5.41) is 10.0. The Labute approximate surface area is 146 Å². The average molecular weight is 353 g/mol. The van der Waals surface area contributed by atoms with E-state index in [0.29, 0.717) is 30.5 Å². The van der Waals surface area contributed by atoms with E-state index in [1.807, 2.05) is 24.3 Å². The van der Waals surface area contributed by atoms with Crippen LogP contribution in [-0.2, 0) is 11.2 Å². The number of nitrogens with one attached hydrogen (secondary N) is 2. The molecule has 24 heavy (non-hydrogen) atoms. The van der Waals surface area contributed by atoms with Gasteiger partial charge in [0.15, 0.2) is 0 Å². The van der Waals surface area contributed by atoms with Crippen LogP contribution in [0.1, 0.15) is 12.3 Å². The first-order valence-electron chi connectivity index (χ1n) is 7.69. The fraction of sp³-hybridized carbons (Fsp3) is 0.438. The summed E-state index contributed by atoms with van der Waals surface area (Å²) < 4.78 is 10.3. The molecule has 0 radical (unpaired) electrons. The predicted octanol–water partition coefficient (Wildman–Crippen LogP) is 1.44. The first-order valence-corrected chi connectivity index (χ1v) is 7.69. The highest BCUT2D eigenvalue weighted by atomic mass is 35.5. The van der Waals surface area contributed by atoms with Gasteiger partial charge in [0.25, 0.3) is 0 Å². The Morgan fingerprint density at radius 1 is 1.38 bits per heavy atom. The third-order valence-electron chi connectivity index (χ3n) is 3.84. The van der Waals surface area contributed by atoms with Crippen molar-refractivity contribution in [2.24, 2.45) is 5.92 Å². The van der Waals surface area contributed by atoms with Crippen molar-refractivity contribution in [3.8, 4) is 17.1 Å². The Morgan fingerprint density at radius 2 is 2.12 bits per heavy atom. The molecule has 0 spiro atoms. The number of benzene rings is 1. The summed E-state index contributed by atoms with van der Waals surface area (Å²) in [5.41, 5.74) is 0.850. The maximum atomic E-state index is 11.8. The molecule has 1 aromatic heterocycles. The molecule has 130 valence electrons. The van der Waals surface area contributed by atoms with E-state index >= 15 is 0 Å². The van der Waals surface area contributed by atoms with E-state index in [1.54, 1.807) is 7.11 Å². The largest absolute Gasteiger partial charge is 0.497 e. The van der Waals surface area contributed by atoms with Crippen LogP contribution in [0.3, 0.4) is 0 Å². The molecule has 0 bridgehead atoms. The van der Waals surface area contributed by atoms with Crippen LogP contribution in [0.4, 0.5) is 0 Å². The highest BCUT2D eigenvalue weighted by Gasteiger charge is 2.17. The van der Waals surface area contributed by atoms with Crippen molar-refractivity contribution in [1.29, 1.82) is 0 Å². The summed E-state index contributed by atoms with van der Waals surface area (Å²) in [4.78, 5) is 16.1. The molecule has 0 aliphatic carbocycles. The molecule has 1 fully saturated rings. The van der Waals surface area contributed by atoms with Gasteiger partial charge in [0.05, 0.1) is 7.11 Å². The van der Waals surface area contributed by atoms with Gasteiger partial charge in [0.1, 0.15) is 5.75 Å². The molecular weight excluding hydrogens is 332 g/mol. The number of hydrogen-bond acceptors (Lipinski definition) is 6. The number of methoxy groups -OCH3 is 1. The normalized spacial score (nSPS) is 13.7. The minimum atomic E-state index is 0. The zero-order valence-corrected chi connectivity index (χ0v) is 14.3. The molecule has 2 heterocycles. The molecule has 1 aliphatic heterocycles. The number of carbonyl (C=O) groups is 1. The van der Waals surface area contributed by atoms with Crippen molar-refractivity contribution in [2.75, 3.05) is 26.7 Å². The Morgan fingerprint density at radius 3 is 2.75 bits per heavy atom. The fourth-order valence-corrected chi connectivity index (χ4v) is 2.27. The maximum absolute atomic E-state index is 11.8. The third-order valence-corrected chi connectivity index (χ3v) is 3.84. The maximum Gasteiger partial charge on any atom is 0.227 e. The van der Waals surface area contributed by atoms with E-state index in [-0.39, 0.29) is 18.3 Å². The Bertz CT molecular complexity index is 656. The van der Waals surface area contributed by atoms with Crippen molar-refractivity contribution in [2.45, 2.75) is 12.8 Å². The van der Waals surface area contributed by atoms with Gasteiger partial charge in [-0.25, -0.2) is 0 Å². The van der Waals surface area contributed by atoms with Crippen LogP contribution >= 0.6 is 12.4 Å². The second-order valence-corrected chi connectivity index (χ2v) is 5.57. The topological polar surface area (TPSA) is 89.3 Å². The van der Waals surface area contributed by atoms with Crippen molar-refractivity contribution in [3.05, 3.63) is 30.2 Å². The van der Waals surface area contributed by atoms with Crippen molar-refractivity contribution in [1.82, 2.24) is 20.8 Å². The van der Waals surface area contributed by atoms with Gasteiger partial charge in [-0.05, 0) is 24.3 Å². The van der Waals surface area contributed by atoms with Gasteiger partial charge in [-0.3, -0.25) is 4.79 Å². The van der Waals surface area contributed by atoms with Crippen LogP contribution in [0, 0.1) is 5.92 Å². The van der Waals surface area contributed by atoms with Crippen molar-refractivity contribution < 1.29 is 14.1 Å². The number of ether oxygens (including phenoxy) is 1. The van der Waals surface area contributed by atoms with Crippen LogP contribution in [0.5, 0.6) is 5.75 Å². The van der Waals surface area contributed by atoms with Gasteiger partial charge >= 0.3 is 0 Å². The molecular formula is C16H21ClN4O3. The van der Waals surface area contributed by atoms with Gasteiger partial charge in [0.2, 0.25) is 17.6 Å². The van der Waals surface area contributed by atoms with Crippen LogP contribution < -0.4 is 15.4 Å². The van der Waals surface area contributed by atoms with E-state index in [1.165, 1.54) is 0 Å². The third kappa shape index (κ3) is 4.69. The first kappa shape index (κ1) is 18.2. The van der Waals surface area contributed by atoms with Gasteiger partial charge < -0.3 is 19.9 Å². The smallest absolute Gasteiger partial charge is 0.227 e. The van der Waals surface area contributed by atoms with E-state index in [0.717, 1.165) is 30.9 Å². The van der Waals surface area contributed by atoms with Crippen molar-refractivity contribution in [3.63, 3.8) is 0 Å². The molecule has 2 N–H and O–H groups in total. The fourth-order valence-electron chi connectivity index (χ4n) is 2.27. The number of halogens is 1. The summed E-state index contributed by atoms with van der Waals surface area (Å²) in [6.07, 6.45) is 0.794. The van der Waals surface area contributed by atoms with Gasteiger partial charge in [-0.15, -0.1) is 12.4 Å². The number of carbonyl (C=O) groups excluding carboxylic acids is 1. The monoisotopic (exact) mass is 352 g/mol. The lowest BCUT2D eigenvalue weighted by Crippen LogP contribution is -2.48. The minimum Gasteiger partial charge on any atom is -0.497 e.